The molecule has 0 amide bonds. The van der Waals surface area contributed by atoms with Gasteiger partial charge in [0.2, 0.25) is 0 Å². The van der Waals surface area contributed by atoms with E-state index in [1.807, 2.05) is 0 Å². The van der Waals surface area contributed by atoms with Crippen LogP contribution in [-0.4, -0.2) is 111 Å². The molecule has 0 spiro atoms. The zero-order valence-electron chi connectivity index (χ0n) is 11.7. The molecular formula is C12H22O10. The van der Waals surface area contributed by atoms with E-state index < -0.39 is 68.3 Å². The van der Waals surface area contributed by atoms with Gasteiger partial charge >= 0.3 is 0 Å². The fourth-order valence-corrected chi connectivity index (χ4v) is 2.49. The van der Waals surface area contributed by atoms with Crippen molar-refractivity contribution in [1.82, 2.24) is 0 Å². The molecule has 10 heteroatoms. The predicted octanol–water partition coefficient (Wildman–Crippen LogP) is -4.72. The van der Waals surface area contributed by atoms with Gasteiger partial charge in [0, 0.05) is 0 Å². The molecule has 0 aromatic carbocycles. The zero-order chi connectivity index (χ0) is 16.4. The van der Waals surface area contributed by atoms with Gasteiger partial charge in [0.1, 0.15) is 48.8 Å². The maximum Gasteiger partial charge on any atom is 0.187 e. The van der Waals surface area contributed by atoms with Crippen molar-refractivity contribution in [3.05, 3.63) is 0 Å². The Bertz CT molecular complexity index is 353. The van der Waals surface area contributed by atoms with Gasteiger partial charge in [-0.1, -0.05) is 0 Å². The van der Waals surface area contributed by atoms with E-state index in [2.05, 4.69) is 0 Å². The largest absolute Gasteiger partial charge is 0.394 e. The Morgan fingerprint density at radius 2 is 1.36 bits per heavy atom. The zero-order valence-corrected chi connectivity index (χ0v) is 11.7. The normalized spacial score (nSPS) is 50.0. The number of aliphatic hydroxyl groups is 7. The summed E-state index contributed by atoms with van der Waals surface area (Å²) in [4.78, 5) is 0. The molecule has 10 nitrogen and oxygen atoms in total. The van der Waals surface area contributed by atoms with Crippen molar-refractivity contribution in [3.63, 3.8) is 0 Å². The van der Waals surface area contributed by atoms with Gasteiger partial charge in [0.25, 0.3) is 0 Å². The molecule has 130 valence electrons. The predicted molar refractivity (Wildman–Crippen MR) is 67.5 cm³/mol. The van der Waals surface area contributed by atoms with Crippen LogP contribution in [0, 0.1) is 0 Å². The Hall–Kier alpha value is -0.400. The molecule has 0 aromatic rings. The Labute approximate surface area is 126 Å². The van der Waals surface area contributed by atoms with Crippen LogP contribution in [0.1, 0.15) is 0 Å². The van der Waals surface area contributed by atoms with Gasteiger partial charge in [-0.25, -0.2) is 0 Å². The van der Waals surface area contributed by atoms with Gasteiger partial charge < -0.3 is 50.0 Å². The van der Waals surface area contributed by atoms with E-state index in [4.69, 9.17) is 24.4 Å². The molecule has 2 aliphatic rings. The third kappa shape index (κ3) is 3.41. The average molecular weight is 326 g/mol. The first-order valence-electron chi connectivity index (χ1n) is 6.95. The standard InChI is InChI=1S/C12H22O10/c13-1-4-7(15)9(17)6(3-20-4)22-12-11(19)10(18)8(16)5(2-14)21-12/h4-19H,1-3H2/t4-,5-,6-,7+,8-,9+,10+,11-,12-/m1/s1. The molecule has 2 fully saturated rings. The number of hydrogen-bond acceptors (Lipinski definition) is 10. The molecular weight excluding hydrogens is 304 g/mol. The molecule has 0 aromatic heterocycles. The van der Waals surface area contributed by atoms with Crippen LogP contribution in [0.4, 0.5) is 0 Å². The highest BCUT2D eigenvalue weighted by atomic mass is 16.7. The van der Waals surface area contributed by atoms with Gasteiger partial charge in [-0.15, -0.1) is 0 Å². The van der Waals surface area contributed by atoms with Crippen molar-refractivity contribution in [2.45, 2.75) is 55.1 Å². The molecule has 2 saturated heterocycles. The highest BCUT2D eigenvalue weighted by Crippen LogP contribution is 2.26. The van der Waals surface area contributed by atoms with Gasteiger partial charge in [-0.05, 0) is 0 Å². The van der Waals surface area contributed by atoms with Crippen molar-refractivity contribution < 1.29 is 50.0 Å². The molecule has 9 atom stereocenters. The summed E-state index contributed by atoms with van der Waals surface area (Å²) in [7, 11) is 0. The third-order valence-corrected chi connectivity index (χ3v) is 3.92. The summed E-state index contributed by atoms with van der Waals surface area (Å²) < 4.78 is 15.6. The van der Waals surface area contributed by atoms with E-state index in [0.29, 0.717) is 0 Å². The summed E-state index contributed by atoms with van der Waals surface area (Å²) in [6, 6.07) is 0. The Balaban J connectivity index is 2.00. The molecule has 2 aliphatic heterocycles. The van der Waals surface area contributed by atoms with Crippen LogP contribution in [0.5, 0.6) is 0 Å². The monoisotopic (exact) mass is 326 g/mol. The smallest absolute Gasteiger partial charge is 0.187 e. The molecule has 22 heavy (non-hydrogen) atoms. The molecule has 0 unspecified atom stereocenters. The fraction of sp³-hybridized carbons (Fsp3) is 1.00. The van der Waals surface area contributed by atoms with E-state index in [-0.39, 0.29) is 6.61 Å². The topological polar surface area (TPSA) is 169 Å². The quantitative estimate of drug-likeness (QED) is 0.266. The number of rotatable bonds is 4. The van der Waals surface area contributed by atoms with E-state index >= 15 is 0 Å². The van der Waals surface area contributed by atoms with Crippen molar-refractivity contribution >= 4 is 0 Å². The first-order chi connectivity index (χ1) is 10.4. The van der Waals surface area contributed by atoms with Gasteiger partial charge in [-0.3, -0.25) is 0 Å². The fourth-order valence-electron chi connectivity index (χ4n) is 2.49. The van der Waals surface area contributed by atoms with Crippen LogP contribution >= 0.6 is 0 Å². The maximum absolute atomic E-state index is 9.93. The summed E-state index contributed by atoms with van der Waals surface area (Å²) in [5.41, 5.74) is 0. The minimum Gasteiger partial charge on any atom is -0.394 e. The lowest BCUT2D eigenvalue weighted by atomic mass is 9.98. The highest BCUT2D eigenvalue weighted by Gasteiger charge is 2.47. The van der Waals surface area contributed by atoms with E-state index in [1.165, 1.54) is 0 Å². The van der Waals surface area contributed by atoms with Gasteiger partial charge in [-0.2, -0.15) is 0 Å². The van der Waals surface area contributed by atoms with Crippen LogP contribution in [0.15, 0.2) is 0 Å². The Morgan fingerprint density at radius 1 is 0.773 bits per heavy atom. The lowest BCUT2D eigenvalue weighted by Crippen LogP contribution is -2.62. The summed E-state index contributed by atoms with van der Waals surface area (Å²) >= 11 is 0. The van der Waals surface area contributed by atoms with Crippen LogP contribution in [0.3, 0.4) is 0 Å². The van der Waals surface area contributed by atoms with Crippen LogP contribution in [0.25, 0.3) is 0 Å². The van der Waals surface area contributed by atoms with Crippen LogP contribution in [-0.2, 0) is 14.2 Å². The lowest BCUT2D eigenvalue weighted by molar-refractivity contribution is -0.331. The minimum absolute atomic E-state index is 0.182. The Kier molecular flexibility index (Phi) is 6.07. The van der Waals surface area contributed by atoms with Gasteiger partial charge in [0.05, 0.1) is 19.8 Å². The average Bonchev–Trinajstić information content (AvgIpc) is 2.52. The maximum atomic E-state index is 9.93. The molecule has 0 aliphatic carbocycles. The lowest BCUT2D eigenvalue weighted by Gasteiger charge is -2.43. The van der Waals surface area contributed by atoms with Crippen LogP contribution in [0.2, 0.25) is 0 Å². The molecule has 0 bridgehead atoms. The first kappa shape index (κ1) is 17.9. The van der Waals surface area contributed by atoms with E-state index in [0.717, 1.165) is 0 Å². The van der Waals surface area contributed by atoms with Crippen molar-refractivity contribution in [2.75, 3.05) is 19.8 Å². The molecule has 7 N–H and O–H groups in total. The van der Waals surface area contributed by atoms with Gasteiger partial charge in [0.15, 0.2) is 6.29 Å². The van der Waals surface area contributed by atoms with Crippen molar-refractivity contribution in [1.29, 1.82) is 0 Å². The summed E-state index contributed by atoms with van der Waals surface area (Å²) in [6.07, 6.45) is -12.1. The summed E-state index contributed by atoms with van der Waals surface area (Å²) in [5, 5.41) is 66.9. The summed E-state index contributed by atoms with van der Waals surface area (Å²) in [6.45, 7) is -1.27. The molecule has 2 heterocycles. The first-order valence-corrected chi connectivity index (χ1v) is 6.95. The second-order valence-corrected chi connectivity index (χ2v) is 5.41. The number of hydrogen-bond donors (Lipinski definition) is 7. The SMILES string of the molecule is OC[C@H]1OC[C@@H](O[C@H]2O[C@H](CO)[C@@H](O)[C@H](O)[C@H]2O)[C@H](O)[C@H]1O. The molecule has 0 radical (unpaired) electrons. The third-order valence-electron chi connectivity index (χ3n) is 3.92. The Morgan fingerprint density at radius 3 is 1.95 bits per heavy atom. The van der Waals surface area contributed by atoms with Crippen LogP contribution < -0.4 is 0 Å². The van der Waals surface area contributed by atoms with E-state index in [1.54, 1.807) is 0 Å². The van der Waals surface area contributed by atoms with Crippen molar-refractivity contribution in [2.24, 2.45) is 0 Å². The van der Waals surface area contributed by atoms with Crippen molar-refractivity contribution in [3.8, 4) is 0 Å². The number of ether oxygens (including phenoxy) is 3. The second kappa shape index (κ2) is 7.45. The molecule has 2 rings (SSSR count). The number of aliphatic hydroxyl groups excluding tert-OH is 7. The summed E-state index contributed by atoms with van der Waals surface area (Å²) in [5.74, 6) is 0. The second-order valence-electron chi connectivity index (χ2n) is 5.41. The van der Waals surface area contributed by atoms with E-state index in [9.17, 15) is 25.5 Å². The highest BCUT2D eigenvalue weighted by molar-refractivity contribution is 4.92. The molecule has 0 saturated carbocycles. The minimum atomic E-state index is -1.61.